The molecule has 0 aromatic rings. The Bertz CT molecular complexity index is 1190. The Morgan fingerprint density at radius 3 is 2.10 bits per heavy atom. The van der Waals surface area contributed by atoms with Crippen molar-refractivity contribution < 1.29 is 33.4 Å². The second-order valence-corrected chi connectivity index (χ2v) is 16.6. The molecule has 2 saturated heterocycles. The van der Waals surface area contributed by atoms with Crippen molar-refractivity contribution in [1.82, 2.24) is 0 Å². The first-order chi connectivity index (χ1) is 19.4. The molecule has 0 amide bonds. The van der Waals surface area contributed by atoms with Gasteiger partial charge in [0.1, 0.15) is 5.60 Å². The second-order valence-electron chi connectivity index (χ2n) is 16.6. The lowest BCUT2D eigenvalue weighted by Gasteiger charge is -2.50. The molecule has 2 heterocycles. The third-order valence-electron chi connectivity index (χ3n) is 14.1. The number of carbonyl (C=O) groups is 4. The van der Waals surface area contributed by atoms with Crippen LogP contribution < -0.4 is 0 Å². The predicted molar refractivity (Wildman–Crippen MR) is 146 cm³/mol. The minimum atomic E-state index is -0.519. The van der Waals surface area contributed by atoms with E-state index < -0.39 is 11.5 Å². The van der Waals surface area contributed by atoms with Crippen molar-refractivity contribution in [3.8, 4) is 0 Å². The summed E-state index contributed by atoms with van der Waals surface area (Å²) in [5, 5.41) is 0. The summed E-state index contributed by atoms with van der Waals surface area (Å²) in [4.78, 5) is 52.1. The fourth-order valence-corrected chi connectivity index (χ4v) is 13.2. The molecular weight excluding hydrogens is 520 g/mol. The van der Waals surface area contributed by atoms with Crippen LogP contribution in [0.1, 0.15) is 73.1 Å². The molecule has 17 atom stereocenters. The molecule has 17 unspecified atom stereocenters. The molecule has 6 saturated carbocycles. The van der Waals surface area contributed by atoms with Crippen LogP contribution in [0, 0.1) is 101 Å². The first-order valence-corrected chi connectivity index (χ1v) is 16.6. The Hall–Kier alpha value is -1.92. The smallest absolute Gasteiger partial charge is 0.317 e. The highest BCUT2D eigenvalue weighted by molar-refractivity contribution is 5.96. The normalized spacial score (nSPS) is 54.7. The molecule has 224 valence electrons. The fraction of sp³-hybridized carbons (Fsp3) is 0.882. The zero-order chi connectivity index (χ0) is 28.7. The average Bonchev–Trinajstić information content (AvgIpc) is 3.73. The maximum absolute atomic E-state index is 13.7. The Morgan fingerprint density at radius 1 is 0.707 bits per heavy atom. The number of hydrogen-bond donors (Lipinski definition) is 0. The van der Waals surface area contributed by atoms with Crippen molar-refractivity contribution in [2.75, 3.05) is 6.61 Å². The summed E-state index contributed by atoms with van der Waals surface area (Å²) in [6, 6.07) is 0. The van der Waals surface area contributed by atoms with E-state index >= 15 is 0 Å². The van der Waals surface area contributed by atoms with Gasteiger partial charge in [-0.1, -0.05) is 13.8 Å². The van der Waals surface area contributed by atoms with Gasteiger partial charge in [-0.05, 0) is 130 Å². The Kier molecular flexibility index (Phi) is 5.74. The highest BCUT2D eigenvalue weighted by Crippen LogP contribution is 2.73. The Labute approximate surface area is 243 Å². The van der Waals surface area contributed by atoms with Gasteiger partial charge in [0.05, 0.1) is 30.3 Å². The number of fused-ring (bicyclic) bond motifs is 9. The molecule has 8 fully saturated rings. The SMILES string of the molecule is CC1C(=O)OC(=O)C1C1C2CCC(C2)C1C1C2CC(CC2C(=O)OC(C)(C)C)C1C1C(C)C2CC1C1COC(=O)C21. The molecular formula is C34H46O7. The maximum atomic E-state index is 13.7. The summed E-state index contributed by atoms with van der Waals surface area (Å²) in [7, 11) is 0. The Balaban J connectivity index is 1.18. The lowest BCUT2D eigenvalue weighted by molar-refractivity contribution is -0.166. The fourth-order valence-electron chi connectivity index (χ4n) is 13.2. The third kappa shape index (κ3) is 3.62. The van der Waals surface area contributed by atoms with Crippen LogP contribution in [-0.2, 0) is 33.4 Å². The van der Waals surface area contributed by atoms with Crippen molar-refractivity contribution in [3.63, 3.8) is 0 Å². The summed E-state index contributed by atoms with van der Waals surface area (Å²) >= 11 is 0. The van der Waals surface area contributed by atoms with Gasteiger partial charge in [0.2, 0.25) is 0 Å². The zero-order valence-electron chi connectivity index (χ0n) is 25.1. The molecule has 8 aliphatic rings. The molecule has 0 N–H and O–H groups in total. The minimum absolute atomic E-state index is 0.0221. The predicted octanol–water partition coefficient (Wildman–Crippen LogP) is 4.91. The summed E-state index contributed by atoms with van der Waals surface area (Å²) in [6.07, 6.45) is 6.55. The molecule has 8 rings (SSSR count). The topological polar surface area (TPSA) is 96.0 Å². The van der Waals surface area contributed by atoms with Crippen LogP contribution in [0.3, 0.4) is 0 Å². The molecule has 6 bridgehead atoms. The van der Waals surface area contributed by atoms with E-state index in [4.69, 9.17) is 14.2 Å². The quantitative estimate of drug-likeness (QED) is 0.271. The number of ether oxygens (including phenoxy) is 3. The monoisotopic (exact) mass is 566 g/mol. The van der Waals surface area contributed by atoms with Gasteiger partial charge in [0.25, 0.3) is 0 Å². The van der Waals surface area contributed by atoms with Crippen LogP contribution in [0.5, 0.6) is 0 Å². The molecule has 7 nitrogen and oxygen atoms in total. The van der Waals surface area contributed by atoms with Gasteiger partial charge in [0.15, 0.2) is 0 Å². The standard InChI is InChI=1S/C34H46O7/c1-13-18-11-20(22-12-39-32(37)28(18)22)23(13)27-17-9-19(21(10-17)31(36)41-34(3,4)5)29(27)26-16-7-6-15(8-16)25(26)24-14(2)30(35)40-33(24)38/h13-29H,6-12H2,1-5H3. The lowest BCUT2D eigenvalue weighted by atomic mass is 9.53. The van der Waals surface area contributed by atoms with Gasteiger partial charge in [-0.3, -0.25) is 19.2 Å². The molecule has 0 spiro atoms. The number of hydrogen-bond acceptors (Lipinski definition) is 7. The van der Waals surface area contributed by atoms with Gasteiger partial charge in [-0.2, -0.15) is 0 Å². The zero-order valence-corrected chi connectivity index (χ0v) is 25.1. The molecule has 0 radical (unpaired) electrons. The summed E-state index contributed by atoms with van der Waals surface area (Å²) in [5.41, 5.74) is -0.519. The van der Waals surface area contributed by atoms with E-state index in [2.05, 4.69) is 6.92 Å². The van der Waals surface area contributed by atoms with Crippen LogP contribution >= 0.6 is 0 Å². The average molecular weight is 567 g/mol. The number of cyclic esters (lactones) is 3. The van der Waals surface area contributed by atoms with Gasteiger partial charge < -0.3 is 14.2 Å². The van der Waals surface area contributed by atoms with Crippen LogP contribution in [0.4, 0.5) is 0 Å². The van der Waals surface area contributed by atoms with Crippen molar-refractivity contribution in [1.29, 1.82) is 0 Å². The number of carbonyl (C=O) groups excluding carboxylic acids is 4. The maximum Gasteiger partial charge on any atom is 0.317 e. The van der Waals surface area contributed by atoms with Crippen LogP contribution in [0.25, 0.3) is 0 Å². The number of rotatable bonds is 4. The van der Waals surface area contributed by atoms with E-state index in [9.17, 15) is 19.2 Å². The molecule has 41 heavy (non-hydrogen) atoms. The second kappa shape index (κ2) is 8.81. The minimum Gasteiger partial charge on any atom is -0.465 e. The van der Waals surface area contributed by atoms with E-state index in [0.29, 0.717) is 71.7 Å². The molecule has 0 aromatic carbocycles. The van der Waals surface area contributed by atoms with Crippen LogP contribution in [-0.4, -0.2) is 36.1 Å². The molecule has 0 aromatic heterocycles. The lowest BCUT2D eigenvalue weighted by Crippen LogP contribution is -2.49. The third-order valence-corrected chi connectivity index (χ3v) is 14.1. The largest absolute Gasteiger partial charge is 0.465 e. The van der Waals surface area contributed by atoms with E-state index in [0.717, 1.165) is 32.1 Å². The summed E-state index contributed by atoms with van der Waals surface area (Å²) < 4.78 is 16.9. The van der Waals surface area contributed by atoms with Crippen LogP contribution in [0.15, 0.2) is 0 Å². The first kappa shape index (κ1) is 26.7. The van der Waals surface area contributed by atoms with Gasteiger partial charge >= 0.3 is 23.9 Å². The van der Waals surface area contributed by atoms with E-state index in [-0.39, 0.29) is 53.5 Å². The first-order valence-electron chi connectivity index (χ1n) is 16.6. The van der Waals surface area contributed by atoms with E-state index in [1.165, 1.54) is 6.42 Å². The van der Waals surface area contributed by atoms with Gasteiger partial charge in [-0.15, -0.1) is 0 Å². The van der Waals surface area contributed by atoms with E-state index in [1.54, 1.807) is 0 Å². The van der Waals surface area contributed by atoms with Crippen molar-refractivity contribution in [3.05, 3.63) is 0 Å². The summed E-state index contributed by atoms with van der Waals surface area (Å²) in [6.45, 7) is 10.7. The highest BCUT2D eigenvalue weighted by Gasteiger charge is 2.70. The Morgan fingerprint density at radius 2 is 1.41 bits per heavy atom. The van der Waals surface area contributed by atoms with Crippen molar-refractivity contribution >= 4 is 23.9 Å². The van der Waals surface area contributed by atoms with Crippen LogP contribution in [0.2, 0.25) is 0 Å². The highest BCUT2D eigenvalue weighted by atomic mass is 16.6. The molecule has 6 aliphatic carbocycles. The van der Waals surface area contributed by atoms with Crippen molar-refractivity contribution in [2.24, 2.45) is 101 Å². The molecule has 2 aliphatic heterocycles. The molecule has 7 heteroatoms. The van der Waals surface area contributed by atoms with Gasteiger partial charge in [-0.25, -0.2) is 0 Å². The number of esters is 4. The van der Waals surface area contributed by atoms with Gasteiger partial charge in [0, 0.05) is 5.92 Å². The summed E-state index contributed by atoms with van der Waals surface area (Å²) in [5.74, 6) is 3.87. The van der Waals surface area contributed by atoms with E-state index in [1.807, 2.05) is 27.7 Å². The van der Waals surface area contributed by atoms with Crippen molar-refractivity contribution in [2.45, 2.75) is 78.7 Å².